The van der Waals surface area contributed by atoms with Gasteiger partial charge in [0.1, 0.15) is 6.54 Å². The molecule has 2 atom stereocenters. The molecular weight excluding hydrogens is 420 g/mol. The largest absolute Gasteiger partial charge is 0.324 e. The molecule has 0 unspecified atom stereocenters. The molecule has 0 aliphatic carbocycles. The molecule has 1 fully saturated rings. The Morgan fingerprint density at radius 3 is 2.67 bits per heavy atom. The van der Waals surface area contributed by atoms with Crippen LogP contribution in [0.4, 0.5) is 20.2 Å². The number of halogens is 3. The number of rotatable bonds is 4. The minimum absolute atomic E-state index is 0.118. The Morgan fingerprint density at radius 1 is 1.17 bits per heavy atom. The highest BCUT2D eigenvalue weighted by atomic mass is 35.5. The van der Waals surface area contributed by atoms with Gasteiger partial charge in [-0.25, -0.2) is 13.7 Å². The minimum Gasteiger partial charge on any atom is -0.324 e. The number of carbonyl (C=O) groups excluding carboxylic acids is 3. The molecule has 0 aromatic heterocycles. The van der Waals surface area contributed by atoms with Gasteiger partial charge in [0.05, 0.1) is 5.69 Å². The molecular formula is C19H14ClF2N5O3. The number of imide groups is 1. The van der Waals surface area contributed by atoms with Gasteiger partial charge < -0.3 is 5.32 Å². The van der Waals surface area contributed by atoms with Gasteiger partial charge in [0.15, 0.2) is 23.7 Å². The summed E-state index contributed by atoms with van der Waals surface area (Å²) in [7, 11) is 0. The summed E-state index contributed by atoms with van der Waals surface area (Å²) in [5.74, 6) is -4.25. The second kappa shape index (κ2) is 7.45. The van der Waals surface area contributed by atoms with Gasteiger partial charge >= 0.3 is 0 Å². The molecule has 2 aliphatic rings. The van der Waals surface area contributed by atoms with Gasteiger partial charge in [-0.3, -0.25) is 19.4 Å². The normalized spacial score (nSPS) is 20.1. The Balaban J connectivity index is 1.51. The van der Waals surface area contributed by atoms with Crippen LogP contribution in [0.5, 0.6) is 0 Å². The van der Waals surface area contributed by atoms with Gasteiger partial charge in [0.2, 0.25) is 5.91 Å². The Morgan fingerprint density at radius 2 is 1.93 bits per heavy atom. The topological polar surface area (TPSA) is 94.4 Å². The average molecular weight is 434 g/mol. The lowest BCUT2D eigenvalue weighted by Crippen LogP contribution is -2.43. The summed E-state index contributed by atoms with van der Waals surface area (Å²) in [6.45, 7) is 1.39. The van der Waals surface area contributed by atoms with E-state index in [1.54, 1.807) is 25.1 Å². The van der Waals surface area contributed by atoms with E-state index in [9.17, 15) is 23.2 Å². The van der Waals surface area contributed by atoms with Crippen LogP contribution in [-0.2, 0) is 14.4 Å². The maximum atomic E-state index is 13.6. The van der Waals surface area contributed by atoms with Crippen molar-refractivity contribution in [2.45, 2.75) is 19.0 Å². The van der Waals surface area contributed by atoms with Gasteiger partial charge in [-0.2, -0.15) is 5.11 Å². The summed E-state index contributed by atoms with van der Waals surface area (Å²) < 4.78 is 26.7. The molecule has 11 heteroatoms. The van der Waals surface area contributed by atoms with Crippen molar-refractivity contribution < 1.29 is 23.2 Å². The molecule has 0 bridgehead atoms. The van der Waals surface area contributed by atoms with E-state index >= 15 is 0 Å². The zero-order valence-electron chi connectivity index (χ0n) is 15.5. The first-order valence-electron chi connectivity index (χ1n) is 8.83. The quantitative estimate of drug-likeness (QED) is 0.750. The SMILES string of the molecule is Cc1c(Cl)cccc1NC(=O)CN1N=N[C@@H]2C(=O)N(c3ccc(F)c(F)c3)C(=O)[C@H]21. The van der Waals surface area contributed by atoms with Crippen molar-refractivity contribution in [3.63, 3.8) is 0 Å². The fourth-order valence-corrected chi connectivity index (χ4v) is 3.49. The third kappa shape index (κ3) is 3.28. The lowest BCUT2D eigenvalue weighted by Gasteiger charge is -2.20. The zero-order valence-corrected chi connectivity index (χ0v) is 16.2. The lowest BCUT2D eigenvalue weighted by molar-refractivity contribution is -0.123. The van der Waals surface area contributed by atoms with Crippen LogP contribution in [0.3, 0.4) is 0 Å². The molecule has 2 aromatic carbocycles. The van der Waals surface area contributed by atoms with Crippen molar-refractivity contribution in [1.29, 1.82) is 0 Å². The van der Waals surface area contributed by atoms with Crippen LogP contribution >= 0.6 is 11.6 Å². The number of anilines is 2. The van der Waals surface area contributed by atoms with Gasteiger partial charge in [0, 0.05) is 16.8 Å². The lowest BCUT2D eigenvalue weighted by atomic mass is 10.1. The van der Waals surface area contributed by atoms with Gasteiger partial charge in [-0.15, -0.1) is 0 Å². The molecule has 0 saturated carbocycles. The number of amides is 3. The second-order valence-corrected chi connectivity index (χ2v) is 7.17. The first kappa shape index (κ1) is 19.9. The zero-order chi connectivity index (χ0) is 21.6. The van der Waals surface area contributed by atoms with E-state index in [1.807, 2.05) is 0 Å². The van der Waals surface area contributed by atoms with E-state index in [0.29, 0.717) is 16.3 Å². The molecule has 0 spiro atoms. The summed E-state index contributed by atoms with van der Waals surface area (Å²) in [4.78, 5) is 38.6. The van der Waals surface area contributed by atoms with Crippen LogP contribution in [0.15, 0.2) is 46.7 Å². The molecule has 8 nitrogen and oxygen atoms in total. The molecule has 1 N–H and O–H groups in total. The predicted molar refractivity (Wildman–Crippen MR) is 103 cm³/mol. The minimum atomic E-state index is -1.19. The summed E-state index contributed by atoms with van der Waals surface area (Å²) in [5, 5.41) is 11.8. The summed E-state index contributed by atoms with van der Waals surface area (Å²) in [6, 6.07) is 5.41. The first-order chi connectivity index (χ1) is 14.3. The Bertz CT molecular complexity index is 1110. The Kier molecular flexibility index (Phi) is 4.94. The van der Waals surface area contributed by atoms with Crippen molar-refractivity contribution in [2.75, 3.05) is 16.8 Å². The first-order valence-corrected chi connectivity index (χ1v) is 9.21. The predicted octanol–water partition coefficient (Wildman–Crippen LogP) is 2.86. The van der Waals surface area contributed by atoms with Crippen molar-refractivity contribution in [2.24, 2.45) is 10.3 Å². The fourth-order valence-electron chi connectivity index (χ4n) is 3.31. The Hall–Kier alpha value is -3.40. The summed E-state index contributed by atoms with van der Waals surface area (Å²) in [5.41, 5.74) is 1.05. The van der Waals surface area contributed by atoms with E-state index < -0.39 is 41.4 Å². The summed E-state index contributed by atoms with van der Waals surface area (Å²) >= 11 is 6.04. The fraction of sp³-hybridized carbons (Fsp3) is 0.211. The molecule has 154 valence electrons. The van der Waals surface area contributed by atoms with Crippen molar-refractivity contribution in [3.05, 3.63) is 58.6 Å². The number of hydrogen-bond acceptors (Lipinski definition) is 6. The molecule has 4 rings (SSSR count). The molecule has 3 amide bonds. The van der Waals surface area contributed by atoms with E-state index in [-0.39, 0.29) is 12.2 Å². The van der Waals surface area contributed by atoms with Gasteiger partial charge in [-0.05, 0) is 36.8 Å². The van der Waals surface area contributed by atoms with Crippen LogP contribution in [0.25, 0.3) is 0 Å². The highest BCUT2D eigenvalue weighted by Crippen LogP contribution is 2.32. The average Bonchev–Trinajstić information content (AvgIpc) is 3.21. The Labute approximate surface area is 174 Å². The third-order valence-electron chi connectivity index (χ3n) is 4.87. The van der Waals surface area contributed by atoms with Crippen molar-refractivity contribution in [1.82, 2.24) is 5.01 Å². The molecule has 2 aromatic rings. The smallest absolute Gasteiger partial charge is 0.263 e. The van der Waals surface area contributed by atoms with Crippen molar-refractivity contribution in [3.8, 4) is 0 Å². The van der Waals surface area contributed by atoms with Crippen molar-refractivity contribution >= 4 is 40.7 Å². The standard InChI is InChI=1S/C19H14ClF2N5O3/c1-9-11(20)3-2-4-14(9)23-15(28)8-26-17-16(24-25-26)18(29)27(19(17)30)10-5-6-12(21)13(22)7-10/h2-7,16-17H,8H2,1H3,(H,23,28)/t16-,17-/m0/s1. The van der Waals surface area contributed by atoms with Gasteiger partial charge in [0.25, 0.3) is 11.8 Å². The number of nitrogens with zero attached hydrogens (tertiary/aromatic N) is 4. The number of hydrogen-bond donors (Lipinski definition) is 1. The molecule has 1 saturated heterocycles. The molecule has 0 radical (unpaired) electrons. The number of benzene rings is 2. The second-order valence-electron chi connectivity index (χ2n) is 6.76. The monoisotopic (exact) mass is 433 g/mol. The maximum absolute atomic E-state index is 13.6. The van der Waals surface area contributed by atoms with Crippen LogP contribution in [0.2, 0.25) is 5.02 Å². The van der Waals surface area contributed by atoms with Crippen LogP contribution < -0.4 is 10.2 Å². The third-order valence-corrected chi connectivity index (χ3v) is 5.28. The highest BCUT2D eigenvalue weighted by Gasteiger charge is 2.55. The molecule has 30 heavy (non-hydrogen) atoms. The number of carbonyl (C=O) groups is 3. The van der Waals surface area contributed by atoms with Crippen LogP contribution in [0, 0.1) is 18.6 Å². The number of nitrogens with one attached hydrogen (secondary N) is 1. The van der Waals surface area contributed by atoms with Crippen LogP contribution in [-0.4, -0.2) is 41.4 Å². The van der Waals surface area contributed by atoms with Gasteiger partial charge in [-0.1, -0.05) is 22.9 Å². The van der Waals surface area contributed by atoms with E-state index in [0.717, 1.165) is 28.1 Å². The molecule has 2 heterocycles. The van der Waals surface area contributed by atoms with E-state index in [1.165, 1.54) is 0 Å². The van der Waals surface area contributed by atoms with E-state index in [2.05, 4.69) is 15.7 Å². The summed E-state index contributed by atoms with van der Waals surface area (Å²) in [6.07, 6.45) is 0. The highest BCUT2D eigenvalue weighted by molar-refractivity contribution is 6.31. The maximum Gasteiger partial charge on any atom is 0.263 e. The van der Waals surface area contributed by atoms with E-state index in [4.69, 9.17) is 11.6 Å². The van der Waals surface area contributed by atoms with Crippen LogP contribution in [0.1, 0.15) is 5.56 Å². The number of fused-ring (bicyclic) bond motifs is 1. The molecule has 2 aliphatic heterocycles.